The van der Waals surface area contributed by atoms with E-state index < -0.39 is 5.92 Å². The van der Waals surface area contributed by atoms with Crippen molar-refractivity contribution >= 4 is 5.91 Å². The largest absolute Gasteiger partial charge is 0.508 e. The third-order valence-corrected chi connectivity index (χ3v) is 4.69. The van der Waals surface area contributed by atoms with E-state index in [-0.39, 0.29) is 24.1 Å². The fourth-order valence-electron chi connectivity index (χ4n) is 3.33. The maximum atomic E-state index is 12.7. The number of aromatic nitrogens is 1. The van der Waals surface area contributed by atoms with Crippen molar-refractivity contribution in [3.8, 4) is 34.3 Å². The first-order chi connectivity index (χ1) is 14.0. The minimum Gasteiger partial charge on any atom is -0.508 e. The highest BCUT2D eigenvalue weighted by Crippen LogP contribution is 2.35. The van der Waals surface area contributed by atoms with Crippen LogP contribution >= 0.6 is 0 Å². The normalized spacial score (nSPS) is 11.8. The molecule has 1 amide bonds. The number of nitriles is 1. The van der Waals surface area contributed by atoms with Gasteiger partial charge in [-0.25, -0.2) is 0 Å². The molecule has 3 rings (SSSR count). The van der Waals surface area contributed by atoms with E-state index in [1.807, 2.05) is 56.3 Å². The van der Waals surface area contributed by atoms with Gasteiger partial charge in [0.2, 0.25) is 5.91 Å². The summed E-state index contributed by atoms with van der Waals surface area (Å²) in [5.74, 6) is 0.173. The summed E-state index contributed by atoms with van der Waals surface area (Å²) in [7, 11) is 0. The molecule has 0 bridgehead atoms. The number of nitrogens with zero attached hydrogens (tertiary/aromatic N) is 2. The van der Waals surface area contributed by atoms with Crippen molar-refractivity contribution in [3.05, 3.63) is 60.3 Å². The molecule has 148 valence electrons. The lowest BCUT2D eigenvalue weighted by atomic mass is 9.87. The Morgan fingerprint density at radius 1 is 1.17 bits per heavy atom. The summed E-state index contributed by atoms with van der Waals surface area (Å²) in [5, 5.41) is 25.6. The van der Waals surface area contributed by atoms with E-state index in [4.69, 9.17) is 9.78 Å². The van der Waals surface area contributed by atoms with Crippen molar-refractivity contribution < 1.29 is 14.4 Å². The van der Waals surface area contributed by atoms with E-state index >= 15 is 0 Å². The lowest BCUT2D eigenvalue weighted by Crippen LogP contribution is -2.30. The smallest absolute Gasteiger partial charge is 0.228 e. The Kier molecular flexibility index (Phi) is 6.30. The van der Waals surface area contributed by atoms with Crippen molar-refractivity contribution in [2.75, 3.05) is 6.54 Å². The number of hydrogen-bond donors (Lipinski definition) is 2. The van der Waals surface area contributed by atoms with Crippen molar-refractivity contribution in [2.45, 2.75) is 26.2 Å². The van der Waals surface area contributed by atoms with Crippen LogP contribution in [0.15, 0.2) is 59.3 Å². The second-order valence-electron chi connectivity index (χ2n) is 7.29. The lowest BCUT2D eigenvalue weighted by molar-refractivity contribution is -0.122. The predicted molar refractivity (Wildman–Crippen MR) is 110 cm³/mol. The topological polar surface area (TPSA) is 99.2 Å². The van der Waals surface area contributed by atoms with Gasteiger partial charge in [-0.05, 0) is 41.7 Å². The molecule has 0 saturated heterocycles. The van der Waals surface area contributed by atoms with Crippen LogP contribution in [0.1, 0.15) is 31.7 Å². The summed E-state index contributed by atoms with van der Waals surface area (Å²) in [5.41, 5.74) is 3.25. The molecule has 0 radical (unpaired) electrons. The van der Waals surface area contributed by atoms with Crippen molar-refractivity contribution in [1.82, 2.24) is 10.5 Å². The summed E-state index contributed by atoms with van der Waals surface area (Å²) in [6.07, 6.45) is 2.16. The summed E-state index contributed by atoms with van der Waals surface area (Å²) in [4.78, 5) is 12.7. The van der Waals surface area contributed by atoms with Gasteiger partial charge >= 0.3 is 0 Å². The van der Waals surface area contributed by atoms with Crippen molar-refractivity contribution in [2.24, 2.45) is 5.92 Å². The number of amides is 1. The molecule has 0 aliphatic carbocycles. The number of hydrogen-bond acceptors (Lipinski definition) is 5. The van der Waals surface area contributed by atoms with Crippen LogP contribution in [0, 0.1) is 17.2 Å². The minimum absolute atomic E-state index is 0.0624. The molecule has 0 spiro atoms. The Hall–Kier alpha value is -3.59. The molecule has 1 unspecified atom stereocenters. The molecule has 0 fully saturated rings. The molecule has 1 aromatic heterocycles. The first kappa shape index (κ1) is 20.2. The van der Waals surface area contributed by atoms with Crippen LogP contribution in [0.3, 0.4) is 0 Å². The Labute approximate surface area is 169 Å². The number of phenolic OH excluding ortho intramolecular Hbond substituents is 1. The molecule has 0 aliphatic rings. The van der Waals surface area contributed by atoms with E-state index in [1.165, 1.54) is 0 Å². The second-order valence-corrected chi connectivity index (χ2v) is 7.29. The van der Waals surface area contributed by atoms with Crippen LogP contribution < -0.4 is 5.32 Å². The fourth-order valence-corrected chi connectivity index (χ4v) is 3.33. The molecular weight excluding hydrogens is 366 g/mol. The van der Waals surface area contributed by atoms with Gasteiger partial charge < -0.3 is 14.9 Å². The predicted octanol–water partition coefficient (Wildman–Crippen LogP) is 4.48. The molecule has 2 N–H and O–H groups in total. The monoisotopic (exact) mass is 389 g/mol. The molecule has 6 nitrogen and oxygen atoms in total. The number of aromatic hydroxyl groups is 1. The average molecular weight is 389 g/mol. The maximum Gasteiger partial charge on any atom is 0.228 e. The van der Waals surface area contributed by atoms with E-state index in [0.717, 1.165) is 16.7 Å². The fraction of sp³-hybridized carbons (Fsp3) is 0.261. The number of benzene rings is 2. The summed E-state index contributed by atoms with van der Waals surface area (Å²) < 4.78 is 5.23. The van der Waals surface area contributed by atoms with Crippen LogP contribution in [-0.4, -0.2) is 22.7 Å². The first-order valence-electron chi connectivity index (χ1n) is 9.48. The number of carbonyl (C=O) groups excluding carboxylic acids is 1. The molecule has 1 atom stereocenters. The zero-order valence-electron chi connectivity index (χ0n) is 16.4. The molecule has 0 aliphatic heterocycles. The van der Waals surface area contributed by atoms with Crippen molar-refractivity contribution in [1.29, 1.82) is 5.26 Å². The van der Waals surface area contributed by atoms with Crippen LogP contribution in [0.25, 0.3) is 22.5 Å². The van der Waals surface area contributed by atoms with Gasteiger partial charge in [0.05, 0.1) is 18.2 Å². The molecule has 6 heteroatoms. The number of carbonyl (C=O) groups is 1. The van der Waals surface area contributed by atoms with E-state index in [0.29, 0.717) is 17.7 Å². The standard InChI is InChI=1S/C23H23N3O3/c1-15(2)12-20(23(28)25-11-9-24)19-14-17(6-7-21(19)27)16-4-3-5-18(13-16)22-8-10-26-29-22/h3-8,10,13-15,20,27H,11-12H2,1-2H3,(H,25,28). The summed E-state index contributed by atoms with van der Waals surface area (Å²) >= 11 is 0. The first-order valence-corrected chi connectivity index (χ1v) is 9.48. The highest BCUT2D eigenvalue weighted by atomic mass is 16.5. The minimum atomic E-state index is -0.541. The molecule has 0 saturated carbocycles. The summed E-state index contributed by atoms with van der Waals surface area (Å²) in [6.45, 7) is 3.98. The molecular formula is C23H23N3O3. The molecule has 3 aromatic rings. The van der Waals surface area contributed by atoms with Gasteiger partial charge in [0, 0.05) is 17.2 Å². The van der Waals surface area contributed by atoms with Gasteiger partial charge in [-0.3, -0.25) is 4.79 Å². The average Bonchev–Trinajstić information content (AvgIpc) is 3.26. The van der Waals surface area contributed by atoms with Crippen LogP contribution in [0.2, 0.25) is 0 Å². The van der Waals surface area contributed by atoms with E-state index in [9.17, 15) is 9.90 Å². The van der Waals surface area contributed by atoms with E-state index in [2.05, 4.69) is 10.5 Å². The maximum absolute atomic E-state index is 12.7. The van der Waals surface area contributed by atoms with Crippen LogP contribution in [0.4, 0.5) is 0 Å². The number of phenols is 1. The molecule has 2 aromatic carbocycles. The second kappa shape index (κ2) is 9.07. The Balaban J connectivity index is 1.99. The van der Waals surface area contributed by atoms with Crippen LogP contribution in [0.5, 0.6) is 5.75 Å². The quantitative estimate of drug-likeness (QED) is 0.580. The Morgan fingerprint density at radius 3 is 2.62 bits per heavy atom. The third kappa shape index (κ3) is 4.82. The van der Waals surface area contributed by atoms with Gasteiger partial charge in [-0.15, -0.1) is 0 Å². The third-order valence-electron chi connectivity index (χ3n) is 4.69. The summed E-state index contributed by atoms with van der Waals surface area (Å²) in [6, 6.07) is 16.8. The lowest BCUT2D eigenvalue weighted by Gasteiger charge is -2.20. The Bertz CT molecular complexity index is 1020. The van der Waals surface area contributed by atoms with Gasteiger partial charge in [0.25, 0.3) is 0 Å². The SMILES string of the molecule is CC(C)CC(C(=O)NCC#N)c1cc(-c2cccc(-c3ccno3)c2)ccc1O. The highest BCUT2D eigenvalue weighted by molar-refractivity contribution is 5.85. The van der Waals surface area contributed by atoms with Crippen molar-refractivity contribution in [3.63, 3.8) is 0 Å². The van der Waals surface area contributed by atoms with Gasteiger partial charge in [-0.1, -0.05) is 43.3 Å². The number of nitrogens with one attached hydrogen (secondary N) is 1. The Morgan fingerprint density at radius 2 is 1.93 bits per heavy atom. The zero-order chi connectivity index (χ0) is 20.8. The number of rotatable bonds is 7. The zero-order valence-corrected chi connectivity index (χ0v) is 16.4. The highest BCUT2D eigenvalue weighted by Gasteiger charge is 2.25. The van der Waals surface area contributed by atoms with Gasteiger partial charge in [0.15, 0.2) is 5.76 Å². The van der Waals surface area contributed by atoms with E-state index in [1.54, 1.807) is 18.3 Å². The molecule has 29 heavy (non-hydrogen) atoms. The van der Waals surface area contributed by atoms with Gasteiger partial charge in [0.1, 0.15) is 12.3 Å². The van der Waals surface area contributed by atoms with Crippen LogP contribution in [-0.2, 0) is 4.79 Å². The van der Waals surface area contributed by atoms with Gasteiger partial charge in [-0.2, -0.15) is 5.26 Å². The molecule has 1 heterocycles.